The van der Waals surface area contributed by atoms with Crippen molar-refractivity contribution in [2.75, 3.05) is 44.2 Å². The van der Waals surface area contributed by atoms with Crippen LogP contribution >= 0.6 is 11.6 Å². The zero-order valence-corrected chi connectivity index (χ0v) is 16.7. The van der Waals surface area contributed by atoms with Gasteiger partial charge in [0.25, 0.3) is 0 Å². The molecule has 2 aromatic carbocycles. The quantitative estimate of drug-likeness (QED) is 0.723. The van der Waals surface area contributed by atoms with Gasteiger partial charge in [-0.05, 0) is 30.3 Å². The van der Waals surface area contributed by atoms with Crippen molar-refractivity contribution >= 4 is 23.2 Å². The first-order valence-corrected chi connectivity index (χ1v) is 10.1. The number of carbonyl (C=O) groups excluding carboxylic acids is 1. The summed E-state index contributed by atoms with van der Waals surface area (Å²) in [5.74, 6) is 0.257. The molecule has 144 valence electrons. The Morgan fingerprint density at radius 3 is 2.44 bits per heavy atom. The number of carbonyl (C=O) groups is 1. The lowest BCUT2D eigenvalue weighted by atomic mass is 10.2. The van der Waals surface area contributed by atoms with Crippen LogP contribution < -0.4 is 4.90 Å². The van der Waals surface area contributed by atoms with Gasteiger partial charge in [0.2, 0.25) is 5.91 Å². The molecule has 0 unspecified atom stereocenters. The van der Waals surface area contributed by atoms with E-state index in [1.165, 1.54) is 5.56 Å². The molecule has 0 bridgehead atoms. The smallest absolute Gasteiger partial charge is 0.223 e. The molecule has 0 radical (unpaired) electrons. The molecule has 1 amide bonds. The number of rotatable bonds is 7. The van der Waals surface area contributed by atoms with Gasteiger partial charge in [0, 0.05) is 56.4 Å². The Labute approximate surface area is 167 Å². The highest BCUT2D eigenvalue weighted by atomic mass is 35.5. The summed E-state index contributed by atoms with van der Waals surface area (Å²) in [5.41, 5.74) is 2.43. The van der Waals surface area contributed by atoms with Gasteiger partial charge in [-0.15, -0.1) is 0 Å². The predicted octanol–water partition coefficient (Wildman–Crippen LogP) is 3.90. The standard InChI is InChI=1S/C22H28ClN3O/c1-2-24(18-19-7-4-3-5-8-19)12-11-22(27)26-15-13-25(14-16-26)21-10-6-9-20(23)17-21/h3-10,17H,2,11-16,18H2,1H3. The highest BCUT2D eigenvalue weighted by Gasteiger charge is 2.21. The molecular weight excluding hydrogens is 358 g/mol. The largest absolute Gasteiger partial charge is 0.368 e. The monoisotopic (exact) mass is 385 g/mol. The molecule has 4 nitrogen and oxygen atoms in total. The van der Waals surface area contributed by atoms with Crippen LogP contribution in [-0.4, -0.2) is 55.0 Å². The Morgan fingerprint density at radius 2 is 1.78 bits per heavy atom. The molecular formula is C22H28ClN3O. The van der Waals surface area contributed by atoms with Crippen molar-refractivity contribution in [2.45, 2.75) is 19.9 Å². The van der Waals surface area contributed by atoms with Crippen LogP contribution in [-0.2, 0) is 11.3 Å². The Hall–Kier alpha value is -2.04. The van der Waals surface area contributed by atoms with E-state index in [0.717, 1.165) is 56.5 Å². The van der Waals surface area contributed by atoms with Gasteiger partial charge in [-0.25, -0.2) is 0 Å². The maximum absolute atomic E-state index is 12.6. The molecule has 27 heavy (non-hydrogen) atoms. The number of anilines is 1. The van der Waals surface area contributed by atoms with E-state index in [-0.39, 0.29) is 5.91 Å². The Morgan fingerprint density at radius 1 is 1.04 bits per heavy atom. The summed E-state index contributed by atoms with van der Waals surface area (Å²) in [4.78, 5) is 19.2. The van der Waals surface area contributed by atoms with E-state index in [2.05, 4.69) is 47.1 Å². The minimum atomic E-state index is 0.257. The van der Waals surface area contributed by atoms with Crippen molar-refractivity contribution in [2.24, 2.45) is 0 Å². The highest BCUT2D eigenvalue weighted by molar-refractivity contribution is 6.30. The number of hydrogen-bond acceptors (Lipinski definition) is 3. The van der Waals surface area contributed by atoms with Crippen LogP contribution in [0.25, 0.3) is 0 Å². The van der Waals surface area contributed by atoms with E-state index in [0.29, 0.717) is 6.42 Å². The summed E-state index contributed by atoms with van der Waals surface area (Å²) in [6.07, 6.45) is 0.581. The van der Waals surface area contributed by atoms with Crippen LogP contribution in [0.15, 0.2) is 54.6 Å². The van der Waals surface area contributed by atoms with E-state index < -0.39 is 0 Å². The van der Waals surface area contributed by atoms with Crippen LogP contribution in [0.5, 0.6) is 0 Å². The van der Waals surface area contributed by atoms with E-state index >= 15 is 0 Å². The molecule has 5 heteroatoms. The molecule has 1 fully saturated rings. The first-order valence-electron chi connectivity index (χ1n) is 9.70. The number of hydrogen-bond donors (Lipinski definition) is 0. The number of nitrogens with zero attached hydrogens (tertiary/aromatic N) is 3. The lowest BCUT2D eigenvalue weighted by Gasteiger charge is -2.36. The minimum absolute atomic E-state index is 0.257. The number of halogens is 1. The third kappa shape index (κ3) is 5.72. The molecule has 3 rings (SSSR count). The summed E-state index contributed by atoms with van der Waals surface area (Å²) in [5, 5.41) is 0.754. The molecule has 0 N–H and O–H groups in total. The number of benzene rings is 2. The molecule has 0 saturated carbocycles. The lowest BCUT2D eigenvalue weighted by molar-refractivity contribution is -0.131. The number of piperazine rings is 1. The summed E-state index contributed by atoms with van der Waals surface area (Å²) in [6, 6.07) is 18.4. The fraction of sp³-hybridized carbons (Fsp3) is 0.409. The summed E-state index contributed by atoms with van der Waals surface area (Å²) < 4.78 is 0. The van der Waals surface area contributed by atoms with Crippen molar-refractivity contribution < 1.29 is 4.79 Å². The van der Waals surface area contributed by atoms with Crippen LogP contribution in [0.4, 0.5) is 5.69 Å². The second-order valence-electron chi connectivity index (χ2n) is 6.95. The summed E-state index contributed by atoms with van der Waals surface area (Å²) >= 11 is 6.09. The van der Waals surface area contributed by atoms with Crippen LogP contribution in [0.2, 0.25) is 5.02 Å². The van der Waals surface area contributed by atoms with Crippen molar-refractivity contribution in [1.82, 2.24) is 9.80 Å². The average molecular weight is 386 g/mol. The van der Waals surface area contributed by atoms with Crippen molar-refractivity contribution in [3.63, 3.8) is 0 Å². The van der Waals surface area contributed by atoms with Crippen molar-refractivity contribution in [3.8, 4) is 0 Å². The fourth-order valence-electron chi connectivity index (χ4n) is 3.49. The van der Waals surface area contributed by atoms with Gasteiger partial charge >= 0.3 is 0 Å². The molecule has 1 aliphatic rings. The van der Waals surface area contributed by atoms with Crippen LogP contribution in [0.3, 0.4) is 0 Å². The number of amides is 1. The molecule has 1 heterocycles. The second-order valence-corrected chi connectivity index (χ2v) is 7.39. The summed E-state index contributed by atoms with van der Waals surface area (Å²) in [6.45, 7) is 8.06. The normalized spacial score (nSPS) is 14.6. The van der Waals surface area contributed by atoms with Gasteiger partial charge in [-0.1, -0.05) is 54.9 Å². The first-order chi connectivity index (χ1) is 13.2. The average Bonchev–Trinajstić information content (AvgIpc) is 2.71. The third-order valence-electron chi connectivity index (χ3n) is 5.14. The van der Waals surface area contributed by atoms with Crippen LogP contribution in [0, 0.1) is 0 Å². The maximum Gasteiger partial charge on any atom is 0.223 e. The summed E-state index contributed by atoms with van der Waals surface area (Å²) in [7, 11) is 0. The zero-order chi connectivity index (χ0) is 19.1. The van der Waals surface area contributed by atoms with Gasteiger partial charge < -0.3 is 9.80 Å². The van der Waals surface area contributed by atoms with Gasteiger partial charge in [-0.2, -0.15) is 0 Å². The Kier molecular flexibility index (Phi) is 7.13. The third-order valence-corrected chi connectivity index (χ3v) is 5.38. The molecule has 0 aromatic heterocycles. The van der Waals surface area contributed by atoms with E-state index in [4.69, 9.17) is 11.6 Å². The first kappa shape index (κ1) is 19.7. The minimum Gasteiger partial charge on any atom is -0.368 e. The SMILES string of the molecule is CCN(CCC(=O)N1CCN(c2cccc(Cl)c2)CC1)Cc1ccccc1. The Balaban J connectivity index is 1.45. The molecule has 0 atom stereocenters. The molecule has 1 saturated heterocycles. The van der Waals surface area contributed by atoms with Gasteiger partial charge in [0.05, 0.1) is 0 Å². The zero-order valence-electron chi connectivity index (χ0n) is 16.0. The molecule has 1 aliphatic heterocycles. The fourth-order valence-corrected chi connectivity index (χ4v) is 3.67. The van der Waals surface area contributed by atoms with Crippen molar-refractivity contribution in [1.29, 1.82) is 0 Å². The van der Waals surface area contributed by atoms with Gasteiger partial charge in [0.15, 0.2) is 0 Å². The van der Waals surface area contributed by atoms with Crippen molar-refractivity contribution in [3.05, 3.63) is 65.2 Å². The predicted molar refractivity (Wildman–Crippen MR) is 112 cm³/mol. The molecule has 0 spiro atoms. The highest BCUT2D eigenvalue weighted by Crippen LogP contribution is 2.21. The lowest BCUT2D eigenvalue weighted by Crippen LogP contribution is -2.49. The molecule has 0 aliphatic carbocycles. The van der Waals surface area contributed by atoms with Gasteiger partial charge in [-0.3, -0.25) is 9.69 Å². The van der Waals surface area contributed by atoms with E-state index in [9.17, 15) is 4.79 Å². The van der Waals surface area contributed by atoms with E-state index in [1.807, 2.05) is 29.2 Å². The topological polar surface area (TPSA) is 26.8 Å². The van der Waals surface area contributed by atoms with E-state index in [1.54, 1.807) is 0 Å². The van der Waals surface area contributed by atoms with Crippen LogP contribution in [0.1, 0.15) is 18.9 Å². The maximum atomic E-state index is 12.6. The molecule has 2 aromatic rings. The Bertz CT molecular complexity index is 729. The van der Waals surface area contributed by atoms with Gasteiger partial charge in [0.1, 0.15) is 0 Å². The second kappa shape index (κ2) is 9.77.